The normalized spacial score (nSPS) is 18.3. The Labute approximate surface area is 101 Å². The molecule has 0 amide bonds. The van der Waals surface area contributed by atoms with Gasteiger partial charge in [-0.3, -0.25) is 4.79 Å². The molecule has 86 valence electrons. The lowest BCUT2D eigenvalue weighted by Crippen LogP contribution is -2.29. The first-order valence-corrected chi connectivity index (χ1v) is 5.78. The van der Waals surface area contributed by atoms with Gasteiger partial charge in [0.15, 0.2) is 5.78 Å². The molecule has 1 aromatic rings. The molecule has 0 aliphatic heterocycles. The van der Waals surface area contributed by atoms with Gasteiger partial charge in [-0.25, -0.2) is 9.36 Å². The molecule has 0 saturated carbocycles. The van der Waals surface area contributed by atoms with Gasteiger partial charge >= 0.3 is 6.09 Å². The minimum atomic E-state index is -1.06. The first-order valence-electron chi connectivity index (χ1n) is 4.98. The van der Waals surface area contributed by atoms with Crippen molar-refractivity contribution in [2.45, 2.75) is 26.7 Å². The van der Waals surface area contributed by atoms with Gasteiger partial charge in [0.25, 0.3) is 0 Å². The first kappa shape index (κ1) is 11.4. The number of Topliss-reactive ketones (excluding diaryl/α,β-unsaturated/α-hetero) is 1. The highest BCUT2D eigenvalue weighted by Gasteiger charge is 2.35. The molecule has 0 spiro atoms. The Bertz CT molecular complexity index is 488. The van der Waals surface area contributed by atoms with Crippen molar-refractivity contribution >= 4 is 27.8 Å². The van der Waals surface area contributed by atoms with Crippen LogP contribution in [-0.4, -0.2) is 21.6 Å². The lowest BCUT2D eigenvalue weighted by atomic mass is 9.76. The second-order valence-corrected chi connectivity index (χ2v) is 5.70. The summed E-state index contributed by atoms with van der Waals surface area (Å²) in [5.41, 5.74) is 0.962. The maximum Gasteiger partial charge on any atom is 0.416 e. The molecule has 1 N–H and O–H groups in total. The third kappa shape index (κ3) is 1.69. The standard InChI is InChI=1S/C11H12BrNO3/c1-11(2)4-7-6(8(14)5-11)3-9(12)13(7)10(15)16/h3H,4-5H2,1-2H3,(H,15,16). The van der Waals surface area contributed by atoms with Crippen molar-refractivity contribution in [3.63, 3.8) is 0 Å². The maximum atomic E-state index is 11.9. The summed E-state index contributed by atoms with van der Waals surface area (Å²) in [6, 6.07) is 1.60. The molecule has 0 atom stereocenters. The predicted octanol–water partition coefficient (Wildman–Crippen LogP) is 2.93. The lowest BCUT2D eigenvalue weighted by molar-refractivity contribution is 0.0910. The van der Waals surface area contributed by atoms with E-state index >= 15 is 0 Å². The SMILES string of the molecule is CC1(C)CC(=O)c2cc(Br)n(C(=O)O)c2C1. The van der Waals surface area contributed by atoms with Gasteiger partial charge < -0.3 is 5.11 Å². The number of nitrogens with zero attached hydrogens (tertiary/aromatic N) is 1. The molecule has 0 unspecified atom stereocenters. The summed E-state index contributed by atoms with van der Waals surface area (Å²) in [5.74, 6) is 0.0203. The molecule has 1 aliphatic rings. The average molecular weight is 286 g/mol. The molecule has 0 bridgehead atoms. The second kappa shape index (κ2) is 3.45. The van der Waals surface area contributed by atoms with E-state index in [0.29, 0.717) is 28.7 Å². The van der Waals surface area contributed by atoms with E-state index in [4.69, 9.17) is 5.11 Å². The second-order valence-electron chi connectivity index (χ2n) is 4.89. The number of aromatic nitrogens is 1. The minimum Gasteiger partial charge on any atom is -0.464 e. The van der Waals surface area contributed by atoms with Crippen LogP contribution in [0.5, 0.6) is 0 Å². The molecule has 0 fully saturated rings. The summed E-state index contributed by atoms with van der Waals surface area (Å²) < 4.78 is 1.57. The highest BCUT2D eigenvalue weighted by Crippen LogP contribution is 2.37. The van der Waals surface area contributed by atoms with Crippen molar-refractivity contribution in [2.24, 2.45) is 5.41 Å². The number of rotatable bonds is 0. The van der Waals surface area contributed by atoms with E-state index in [9.17, 15) is 9.59 Å². The summed E-state index contributed by atoms with van der Waals surface area (Å²) in [5, 5.41) is 9.09. The Hall–Kier alpha value is -1.10. The summed E-state index contributed by atoms with van der Waals surface area (Å²) in [4.78, 5) is 23.0. The van der Waals surface area contributed by atoms with Gasteiger partial charge in [-0.2, -0.15) is 0 Å². The number of ketones is 1. The minimum absolute atomic E-state index is 0.0203. The quantitative estimate of drug-likeness (QED) is 0.797. The number of carbonyl (C=O) groups excluding carboxylic acids is 1. The predicted molar refractivity (Wildman–Crippen MR) is 62.0 cm³/mol. The number of halogens is 1. The van der Waals surface area contributed by atoms with Crippen LogP contribution < -0.4 is 0 Å². The zero-order valence-corrected chi connectivity index (χ0v) is 10.7. The van der Waals surface area contributed by atoms with Crippen molar-refractivity contribution in [3.05, 3.63) is 21.9 Å². The molecular weight excluding hydrogens is 274 g/mol. The van der Waals surface area contributed by atoms with Crippen LogP contribution in [0.1, 0.15) is 36.3 Å². The van der Waals surface area contributed by atoms with Crippen LogP contribution in [0.3, 0.4) is 0 Å². The smallest absolute Gasteiger partial charge is 0.416 e. The Balaban J connectivity index is 2.63. The van der Waals surface area contributed by atoms with Crippen LogP contribution in [0.4, 0.5) is 4.79 Å². The fourth-order valence-corrected chi connectivity index (χ4v) is 2.78. The van der Waals surface area contributed by atoms with Crippen molar-refractivity contribution in [3.8, 4) is 0 Å². The van der Waals surface area contributed by atoms with Crippen LogP contribution in [0.2, 0.25) is 0 Å². The van der Waals surface area contributed by atoms with Gasteiger partial charge in [-0.05, 0) is 33.8 Å². The van der Waals surface area contributed by atoms with E-state index < -0.39 is 6.09 Å². The summed E-state index contributed by atoms with van der Waals surface area (Å²) in [7, 11) is 0. The van der Waals surface area contributed by atoms with Crippen molar-refractivity contribution in [1.82, 2.24) is 4.57 Å². The van der Waals surface area contributed by atoms with Crippen LogP contribution in [0, 0.1) is 5.41 Å². The molecule has 1 heterocycles. The summed E-state index contributed by atoms with van der Waals surface area (Å²) in [6.45, 7) is 3.95. The summed E-state index contributed by atoms with van der Waals surface area (Å²) >= 11 is 3.17. The average Bonchev–Trinajstić information content (AvgIpc) is 2.39. The highest BCUT2D eigenvalue weighted by molar-refractivity contribution is 9.10. The molecule has 0 saturated heterocycles. The number of carbonyl (C=O) groups is 2. The molecule has 5 heteroatoms. The fraction of sp³-hybridized carbons (Fsp3) is 0.455. The van der Waals surface area contributed by atoms with E-state index in [1.807, 2.05) is 13.8 Å². The Kier molecular flexibility index (Phi) is 2.45. The Morgan fingerprint density at radius 2 is 2.12 bits per heavy atom. The lowest BCUT2D eigenvalue weighted by Gasteiger charge is -2.28. The number of hydrogen-bond donors (Lipinski definition) is 1. The van der Waals surface area contributed by atoms with Gasteiger partial charge in [0.2, 0.25) is 0 Å². The molecule has 1 aliphatic carbocycles. The molecule has 2 rings (SSSR count). The van der Waals surface area contributed by atoms with Crippen LogP contribution in [-0.2, 0) is 6.42 Å². The molecule has 4 nitrogen and oxygen atoms in total. The van der Waals surface area contributed by atoms with Crippen LogP contribution in [0.15, 0.2) is 10.7 Å². The number of hydrogen-bond acceptors (Lipinski definition) is 2. The number of carboxylic acid groups (broad SMARTS) is 1. The van der Waals surface area contributed by atoms with Crippen LogP contribution >= 0.6 is 15.9 Å². The van der Waals surface area contributed by atoms with Gasteiger partial charge in [-0.1, -0.05) is 13.8 Å². The maximum absolute atomic E-state index is 11.9. The molecule has 0 radical (unpaired) electrons. The third-order valence-electron chi connectivity index (χ3n) is 2.83. The van der Waals surface area contributed by atoms with Gasteiger partial charge in [0.05, 0.1) is 4.60 Å². The molecular formula is C11H12BrNO3. The zero-order chi connectivity index (χ0) is 12.1. The van der Waals surface area contributed by atoms with Crippen LogP contribution in [0.25, 0.3) is 0 Å². The van der Waals surface area contributed by atoms with Gasteiger partial charge in [-0.15, -0.1) is 0 Å². The Morgan fingerprint density at radius 1 is 1.50 bits per heavy atom. The fourth-order valence-electron chi connectivity index (χ4n) is 2.18. The molecule has 0 aromatic carbocycles. The largest absolute Gasteiger partial charge is 0.464 e. The van der Waals surface area contributed by atoms with E-state index in [0.717, 1.165) is 4.57 Å². The monoisotopic (exact) mass is 285 g/mol. The summed E-state index contributed by atoms with van der Waals surface area (Å²) in [6.07, 6.45) is 0.0146. The van der Waals surface area contributed by atoms with Gasteiger partial charge in [0.1, 0.15) is 0 Å². The van der Waals surface area contributed by atoms with E-state index in [1.54, 1.807) is 6.07 Å². The van der Waals surface area contributed by atoms with E-state index in [-0.39, 0.29) is 11.2 Å². The zero-order valence-electron chi connectivity index (χ0n) is 9.08. The number of fused-ring (bicyclic) bond motifs is 1. The topological polar surface area (TPSA) is 59.3 Å². The van der Waals surface area contributed by atoms with Crippen molar-refractivity contribution in [1.29, 1.82) is 0 Å². The first-order chi connectivity index (χ1) is 7.32. The highest BCUT2D eigenvalue weighted by atomic mass is 79.9. The molecule has 1 aromatic heterocycles. The Morgan fingerprint density at radius 3 is 2.69 bits per heavy atom. The van der Waals surface area contributed by atoms with E-state index in [2.05, 4.69) is 15.9 Å². The van der Waals surface area contributed by atoms with Crippen molar-refractivity contribution in [2.75, 3.05) is 0 Å². The van der Waals surface area contributed by atoms with Crippen molar-refractivity contribution < 1.29 is 14.7 Å². The van der Waals surface area contributed by atoms with E-state index in [1.165, 1.54) is 0 Å². The molecule has 16 heavy (non-hydrogen) atoms. The third-order valence-corrected chi connectivity index (χ3v) is 3.42. The van der Waals surface area contributed by atoms with Gasteiger partial charge in [0, 0.05) is 17.7 Å².